The Hall–Kier alpha value is -1.49. The van der Waals surface area contributed by atoms with Gasteiger partial charge in [0.25, 0.3) is 0 Å². The third-order valence-corrected chi connectivity index (χ3v) is 4.85. The summed E-state index contributed by atoms with van der Waals surface area (Å²) in [6, 6.07) is 8.27. The molecule has 0 spiro atoms. The molecular formula is C15H20N2O2S. The second-order valence-corrected chi connectivity index (χ2v) is 7.00. The van der Waals surface area contributed by atoms with Gasteiger partial charge in [-0.2, -0.15) is 4.98 Å². The smallest absolute Gasteiger partial charge is 0.242 e. The summed E-state index contributed by atoms with van der Waals surface area (Å²) in [6.45, 7) is 7.93. The van der Waals surface area contributed by atoms with Crippen LogP contribution in [0, 0.1) is 6.92 Å². The minimum absolute atomic E-state index is 0.249. The van der Waals surface area contributed by atoms with Gasteiger partial charge in [-0.3, -0.25) is 4.21 Å². The first-order chi connectivity index (χ1) is 9.47. The van der Waals surface area contributed by atoms with Crippen molar-refractivity contribution < 1.29 is 8.73 Å². The summed E-state index contributed by atoms with van der Waals surface area (Å²) in [7, 11) is -1.07. The number of aromatic nitrogens is 2. The molecule has 0 fully saturated rings. The Bertz CT molecular complexity index is 590. The summed E-state index contributed by atoms with van der Waals surface area (Å²) in [4.78, 5) is 4.14. The molecule has 0 N–H and O–H groups in total. The SMILES string of the molecule is Cc1noc(C(C)S(=O)Cc2ccc(C(C)C)cc2)n1. The van der Waals surface area contributed by atoms with Gasteiger partial charge >= 0.3 is 0 Å². The molecule has 20 heavy (non-hydrogen) atoms. The monoisotopic (exact) mass is 292 g/mol. The first-order valence-corrected chi connectivity index (χ1v) is 8.11. The molecule has 5 heteroatoms. The fraction of sp³-hybridized carbons (Fsp3) is 0.467. The van der Waals surface area contributed by atoms with Crippen molar-refractivity contribution in [3.8, 4) is 0 Å². The molecule has 2 rings (SSSR count). The third kappa shape index (κ3) is 3.54. The molecular weight excluding hydrogens is 272 g/mol. The molecule has 4 nitrogen and oxygen atoms in total. The highest BCUT2D eigenvalue weighted by atomic mass is 32.2. The predicted molar refractivity (Wildman–Crippen MR) is 79.8 cm³/mol. The molecule has 2 unspecified atom stereocenters. The van der Waals surface area contributed by atoms with Crippen molar-refractivity contribution in [2.24, 2.45) is 0 Å². The van der Waals surface area contributed by atoms with Crippen LogP contribution in [-0.4, -0.2) is 14.3 Å². The molecule has 1 heterocycles. The number of benzene rings is 1. The number of nitrogens with zero attached hydrogens (tertiary/aromatic N) is 2. The maximum Gasteiger partial charge on any atom is 0.242 e. The molecule has 0 radical (unpaired) electrons. The second kappa shape index (κ2) is 6.31. The van der Waals surface area contributed by atoms with E-state index in [1.165, 1.54) is 5.56 Å². The molecule has 2 aromatic rings. The Morgan fingerprint density at radius 2 is 1.85 bits per heavy atom. The molecule has 1 aromatic heterocycles. The van der Waals surface area contributed by atoms with Gasteiger partial charge in [-0.1, -0.05) is 43.3 Å². The van der Waals surface area contributed by atoms with Crippen molar-refractivity contribution in [1.82, 2.24) is 10.1 Å². The normalized spacial score (nSPS) is 14.4. The lowest BCUT2D eigenvalue weighted by molar-refractivity contribution is 0.375. The van der Waals surface area contributed by atoms with Crippen LogP contribution in [0.15, 0.2) is 28.8 Å². The Balaban J connectivity index is 2.04. The molecule has 0 aliphatic heterocycles. The van der Waals surface area contributed by atoms with Gasteiger partial charge in [0, 0.05) is 16.6 Å². The van der Waals surface area contributed by atoms with Gasteiger partial charge in [0.05, 0.1) is 0 Å². The molecule has 2 atom stereocenters. The molecule has 0 amide bonds. The summed E-state index contributed by atoms with van der Waals surface area (Å²) in [5, 5.41) is 3.49. The van der Waals surface area contributed by atoms with Gasteiger partial charge < -0.3 is 4.52 Å². The average molecular weight is 292 g/mol. The predicted octanol–water partition coefficient (Wildman–Crippen LogP) is 3.51. The lowest BCUT2D eigenvalue weighted by atomic mass is 10.0. The van der Waals surface area contributed by atoms with E-state index in [4.69, 9.17) is 4.52 Å². The summed E-state index contributed by atoms with van der Waals surface area (Å²) in [6.07, 6.45) is 0. The summed E-state index contributed by atoms with van der Waals surface area (Å²) in [5.41, 5.74) is 2.36. The van der Waals surface area contributed by atoms with Crippen LogP contribution in [0.3, 0.4) is 0 Å². The van der Waals surface area contributed by atoms with Gasteiger partial charge in [-0.15, -0.1) is 0 Å². The zero-order valence-electron chi connectivity index (χ0n) is 12.3. The van der Waals surface area contributed by atoms with Crippen molar-refractivity contribution in [2.45, 2.75) is 44.6 Å². The van der Waals surface area contributed by atoms with E-state index in [0.29, 0.717) is 23.4 Å². The molecule has 0 saturated heterocycles. The Morgan fingerprint density at radius 1 is 1.20 bits per heavy atom. The van der Waals surface area contributed by atoms with E-state index in [1.807, 2.05) is 19.1 Å². The van der Waals surface area contributed by atoms with Crippen LogP contribution in [0.1, 0.15) is 54.8 Å². The highest BCUT2D eigenvalue weighted by Gasteiger charge is 2.20. The molecule has 0 saturated carbocycles. The van der Waals surface area contributed by atoms with E-state index in [0.717, 1.165) is 5.56 Å². The van der Waals surface area contributed by atoms with Crippen molar-refractivity contribution in [3.63, 3.8) is 0 Å². The van der Waals surface area contributed by atoms with E-state index < -0.39 is 10.8 Å². The quantitative estimate of drug-likeness (QED) is 0.846. The van der Waals surface area contributed by atoms with Gasteiger partial charge in [0.1, 0.15) is 5.25 Å². The number of rotatable bonds is 5. The van der Waals surface area contributed by atoms with Crippen molar-refractivity contribution in [1.29, 1.82) is 0 Å². The van der Waals surface area contributed by atoms with Crippen LogP contribution in [0.4, 0.5) is 0 Å². The number of hydrogen-bond acceptors (Lipinski definition) is 4. The highest BCUT2D eigenvalue weighted by molar-refractivity contribution is 7.84. The standard InChI is InChI=1S/C15H20N2O2S/c1-10(2)14-7-5-13(6-8-14)9-20(18)11(3)15-16-12(4)17-19-15/h5-8,10-11H,9H2,1-4H3. The molecule has 1 aromatic carbocycles. The highest BCUT2D eigenvalue weighted by Crippen LogP contribution is 2.21. The lowest BCUT2D eigenvalue weighted by Gasteiger charge is -2.09. The van der Waals surface area contributed by atoms with Gasteiger partial charge in [-0.25, -0.2) is 0 Å². The summed E-state index contributed by atoms with van der Waals surface area (Å²) >= 11 is 0. The van der Waals surface area contributed by atoms with Crippen LogP contribution in [0.2, 0.25) is 0 Å². The van der Waals surface area contributed by atoms with Crippen LogP contribution in [0.5, 0.6) is 0 Å². The minimum Gasteiger partial charge on any atom is -0.338 e. The van der Waals surface area contributed by atoms with E-state index in [1.54, 1.807) is 6.92 Å². The Morgan fingerprint density at radius 3 is 2.35 bits per heavy atom. The Labute approximate surface area is 122 Å². The van der Waals surface area contributed by atoms with Crippen LogP contribution >= 0.6 is 0 Å². The van der Waals surface area contributed by atoms with E-state index in [9.17, 15) is 4.21 Å². The number of hydrogen-bond donors (Lipinski definition) is 0. The zero-order chi connectivity index (χ0) is 14.7. The molecule has 0 aliphatic carbocycles. The second-order valence-electron chi connectivity index (χ2n) is 5.24. The van der Waals surface area contributed by atoms with E-state index in [2.05, 4.69) is 36.1 Å². The van der Waals surface area contributed by atoms with Crippen molar-refractivity contribution in [3.05, 3.63) is 47.1 Å². The van der Waals surface area contributed by atoms with Crippen LogP contribution in [0.25, 0.3) is 0 Å². The summed E-state index contributed by atoms with van der Waals surface area (Å²) < 4.78 is 17.4. The molecule has 0 bridgehead atoms. The molecule has 108 valence electrons. The molecule has 0 aliphatic rings. The maximum atomic E-state index is 12.3. The maximum absolute atomic E-state index is 12.3. The first kappa shape index (κ1) is 14.9. The van der Waals surface area contributed by atoms with Crippen LogP contribution in [-0.2, 0) is 16.6 Å². The zero-order valence-corrected chi connectivity index (χ0v) is 13.1. The largest absolute Gasteiger partial charge is 0.338 e. The van der Waals surface area contributed by atoms with E-state index in [-0.39, 0.29) is 5.25 Å². The third-order valence-electron chi connectivity index (χ3n) is 3.24. The average Bonchev–Trinajstić information content (AvgIpc) is 2.85. The Kier molecular flexibility index (Phi) is 4.70. The summed E-state index contributed by atoms with van der Waals surface area (Å²) in [5.74, 6) is 2.03. The number of aryl methyl sites for hydroxylation is 1. The fourth-order valence-corrected chi connectivity index (χ4v) is 2.97. The van der Waals surface area contributed by atoms with Crippen molar-refractivity contribution in [2.75, 3.05) is 0 Å². The minimum atomic E-state index is -1.07. The van der Waals surface area contributed by atoms with Gasteiger partial charge in [-0.05, 0) is 30.9 Å². The van der Waals surface area contributed by atoms with Crippen LogP contribution < -0.4 is 0 Å². The lowest BCUT2D eigenvalue weighted by Crippen LogP contribution is -2.06. The van der Waals surface area contributed by atoms with Gasteiger partial charge in [0.15, 0.2) is 5.82 Å². The van der Waals surface area contributed by atoms with E-state index >= 15 is 0 Å². The fourth-order valence-electron chi connectivity index (χ4n) is 1.88. The van der Waals surface area contributed by atoms with Gasteiger partial charge in [0.2, 0.25) is 5.89 Å². The first-order valence-electron chi connectivity index (χ1n) is 6.73. The van der Waals surface area contributed by atoms with Crippen molar-refractivity contribution >= 4 is 10.8 Å². The topological polar surface area (TPSA) is 56.0 Å².